The van der Waals surface area contributed by atoms with E-state index in [1.165, 1.54) is 24.1 Å². The summed E-state index contributed by atoms with van der Waals surface area (Å²) in [7, 11) is 0. The highest BCUT2D eigenvalue weighted by Crippen LogP contribution is 2.32. The second kappa shape index (κ2) is 5.54. The van der Waals surface area contributed by atoms with Crippen LogP contribution in [0, 0.1) is 18.8 Å². The number of rotatable bonds is 4. The standard InChI is InChI=1S/C14H21N5S/c1-8-3-4-10(5-8)7-16-12-11-6-9(2)20-13(11)18-14(17-12)19-15/h6,8,10H,3-5,7,15H2,1-2H3,(H2,16,17,18,19). The van der Waals surface area contributed by atoms with Crippen LogP contribution < -0.4 is 16.6 Å². The molecule has 20 heavy (non-hydrogen) atoms. The Kier molecular flexibility index (Phi) is 3.76. The van der Waals surface area contributed by atoms with Crippen LogP contribution in [0.2, 0.25) is 0 Å². The van der Waals surface area contributed by atoms with Gasteiger partial charge in [-0.2, -0.15) is 4.98 Å². The fourth-order valence-corrected chi connectivity index (χ4v) is 3.87. The van der Waals surface area contributed by atoms with E-state index in [0.29, 0.717) is 5.95 Å². The topological polar surface area (TPSA) is 75.9 Å². The summed E-state index contributed by atoms with van der Waals surface area (Å²) in [4.78, 5) is 11.1. The molecule has 0 bridgehead atoms. The van der Waals surface area contributed by atoms with Gasteiger partial charge in [0, 0.05) is 11.4 Å². The van der Waals surface area contributed by atoms with Gasteiger partial charge in [0.1, 0.15) is 10.6 Å². The third kappa shape index (κ3) is 2.71. The highest BCUT2D eigenvalue weighted by atomic mass is 32.1. The molecule has 6 heteroatoms. The Balaban J connectivity index is 1.82. The molecule has 2 aromatic rings. The van der Waals surface area contributed by atoms with Gasteiger partial charge in [-0.1, -0.05) is 13.3 Å². The third-order valence-corrected chi connectivity index (χ3v) is 4.95. The van der Waals surface area contributed by atoms with Crippen LogP contribution in [-0.4, -0.2) is 16.5 Å². The summed E-state index contributed by atoms with van der Waals surface area (Å²) in [5.41, 5.74) is 2.55. The Bertz CT molecular complexity index is 609. The van der Waals surface area contributed by atoms with E-state index in [9.17, 15) is 0 Å². The van der Waals surface area contributed by atoms with Gasteiger partial charge in [0.25, 0.3) is 0 Å². The molecule has 0 saturated heterocycles. The quantitative estimate of drug-likeness (QED) is 0.596. The molecule has 2 heterocycles. The second-order valence-corrected chi connectivity index (χ2v) is 7.02. The average molecular weight is 291 g/mol. The maximum atomic E-state index is 5.45. The minimum absolute atomic E-state index is 0.474. The molecule has 2 atom stereocenters. The Morgan fingerprint density at radius 2 is 2.25 bits per heavy atom. The van der Waals surface area contributed by atoms with E-state index in [4.69, 9.17) is 5.84 Å². The van der Waals surface area contributed by atoms with Crippen LogP contribution >= 0.6 is 11.3 Å². The number of thiophene rings is 1. The molecule has 2 aromatic heterocycles. The SMILES string of the molecule is Cc1cc2c(NCC3CCC(C)C3)nc(NN)nc2s1. The maximum Gasteiger partial charge on any atom is 0.240 e. The van der Waals surface area contributed by atoms with Crippen LogP contribution in [0.1, 0.15) is 31.1 Å². The van der Waals surface area contributed by atoms with Gasteiger partial charge in [-0.25, -0.2) is 10.8 Å². The van der Waals surface area contributed by atoms with Crippen molar-refractivity contribution in [2.45, 2.75) is 33.1 Å². The first kappa shape index (κ1) is 13.6. The molecule has 0 aromatic carbocycles. The fraction of sp³-hybridized carbons (Fsp3) is 0.571. The van der Waals surface area contributed by atoms with Crippen molar-refractivity contribution in [2.75, 3.05) is 17.3 Å². The van der Waals surface area contributed by atoms with Gasteiger partial charge in [0.2, 0.25) is 5.95 Å². The first-order valence-electron chi connectivity index (χ1n) is 7.14. The number of aromatic nitrogens is 2. The summed E-state index contributed by atoms with van der Waals surface area (Å²) in [5, 5.41) is 4.59. The summed E-state index contributed by atoms with van der Waals surface area (Å²) in [6, 6.07) is 2.14. The first-order valence-corrected chi connectivity index (χ1v) is 7.96. The summed E-state index contributed by atoms with van der Waals surface area (Å²) >= 11 is 1.67. The van der Waals surface area contributed by atoms with Crippen molar-refractivity contribution in [2.24, 2.45) is 17.7 Å². The number of anilines is 2. The van der Waals surface area contributed by atoms with Crippen molar-refractivity contribution in [3.63, 3.8) is 0 Å². The van der Waals surface area contributed by atoms with E-state index < -0.39 is 0 Å². The van der Waals surface area contributed by atoms with Crippen LogP contribution in [-0.2, 0) is 0 Å². The number of nitrogens with two attached hydrogens (primary N) is 1. The van der Waals surface area contributed by atoms with Gasteiger partial charge in [0.15, 0.2) is 0 Å². The first-order chi connectivity index (χ1) is 9.65. The number of nitrogen functional groups attached to an aromatic ring is 1. The molecule has 1 aliphatic rings. The molecule has 0 aliphatic heterocycles. The Labute approximate surface area is 123 Å². The van der Waals surface area contributed by atoms with Gasteiger partial charge in [-0.05, 0) is 37.7 Å². The van der Waals surface area contributed by atoms with Crippen molar-refractivity contribution in [1.82, 2.24) is 9.97 Å². The van der Waals surface area contributed by atoms with Crippen LogP contribution in [0.25, 0.3) is 10.2 Å². The molecule has 5 nitrogen and oxygen atoms in total. The van der Waals surface area contributed by atoms with Crippen molar-refractivity contribution >= 4 is 33.3 Å². The smallest absolute Gasteiger partial charge is 0.240 e. The zero-order valence-electron chi connectivity index (χ0n) is 11.9. The zero-order chi connectivity index (χ0) is 14.1. The van der Waals surface area contributed by atoms with Crippen LogP contribution in [0.4, 0.5) is 11.8 Å². The van der Waals surface area contributed by atoms with E-state index >= 15 is 0 Å². The summed E-state index contributed by atoms with van der Waals surface area (Å²) in [6.07, 6.45) is 3.97. The van der Waals surface area contributed by atoms with Crippen LogP contribution in [0.15, 0.2) is 6.07 Å². The number of nitrogens with zero attached hydrogens (tertiary/aromatic N) is 2. The molecule has 4 N–H and O–H groups in total. The minimum Gasteiger partial charge on any atom is -0.369 e. The molecule has 0 radical (unpaired) electrons. The normalized spacial score (nSPS) is 22.4. The van der Waals surface area contributed by atoms with E-state index in [2.05, 4.69) is 40.6 Å². The van der Waals surface area contributed by atoms with Crippen molar-refractivity contribution < 1.29 is 0 Å². The van der Waals surface area contributed by atoms with E-state index in [0.717, 1.165) is 34.4 Å². The Morgan fingerprint density at radius 3 is 2.95 bits per heavy atom. The van der Waals surface area contributed by atoms with Crippen LogP contribution in [0.3, 0.4) is 0 Å². The Hall–Kier alpha value is -1.40. The predicted molar refractivity (Wildman–Crippen MR) is 85.0 cm³/mol. The fourth-order valence-electron chi connectivity index (χ4n) is 2.99. The predicted octanol–water partition coefficient (Wildman–Crippen LogP) is 3.13. The summed E-state index contributed by atoms with van der Waals surface area (Å²) in [5.74, 6) is 8.44. The van der Waals surface area contributed by atoms with Gasteiger partial charge < -0.3 is 5.32 Å². The molecular formula is C14H21N5S. The minimum atomic E-state index is 0.474. The lowest BCUT2D eigenvalue weighted by Gasteiger charge is -2.13. The molecule has 2 unspecified atom stereocenters. The molecule has 0 amide bonds. The Morgan fingerprint density at radius 1 is 1.40 bits per heavy atom. The number of aryl methyl sites for hydroxylation is 1. The molecular weight excluding hydrogens is 270 g/mol. The number of fused-ring (bicyclic) bond motifs is 1. The molecule has 3 rings (SSSR count). The molecule has 1 aliphatic carbocycles. The van der Waals surface area contributed by atoms with E-state index in [-0.39, 0.29) is 0 Å². The number of hydrazine groups is 1. The van der Waals surface area contributed by atoms with E-state index in [1.807, 2.05) is 0 Å². The lowest BCUT2D eigenvalue weighted by molar-refractivity contribution is 0.537. The highest BCUT2D eigenvalue weighted by Gasteiger charge is 2.21. The molecule has 108 valence electrons. The van der Waals surface area contributed by atoms with Crippen molar-refractivity contribution in [3.05, 3.63) is 10.9 Å². The van der Waals surface area contributed by atoms with E-state index in [1.54, 1.807) is 11.3 Å². The molecule has 0 spiro atoms. The van der Waals surface area contributed by atoms with Crippen molar-refractivity contribution in [3.8, 4) is 0 Å². The largest absolute Gasteiger partial charge is 0.369 e. The zero-order valence-corrected chi connectivity index (χ0v) is 12.8. The van der Waals surface area contributed by atoms with Gasteiger partial charge >= 0.3 is 0 Å². The number of nitrogens with one attached hydrogen (secondary N) is 2. The van der Waals surface area contributed by atoms with Gasteiger partial charge in [-0.3, -0.25) is 5.43 Å². The maximum absolute atomic E-state index is 5.45. The average Bonchev–Trinajstić information content (AvgIpc) is 3.00. The lowest BCUT2D eigenvalue weighted by atomic mass is 10.1. The highest BCUT2D eigenvalue weighted by molar-refractivity contribution is 7.18. The lowest BCUT2D eigenvalue weighted by Crippen LogP contribution is -2.15. The van der Waals surface area contributed by atoms with Crippen LogP contribution in [0.5, 0.6) is 0 Å². The summed E-state index contributed by atoms with van der Waals surface area (Å²) in [6.45, 7) is 5.40. The monoisotopic (exact) mass is 291 g/mol. The van der Waals surface area contributed by atoms with Crippen molar-refractivity contribution in [1.29, 1.82) is 0 Å². The number of hydrogen-bond acceptors (Lipinski definition) is 6. The summed E-state index contributed by atoms with van der Waals surface area (Å²) < 4.78 is 0. The second-order valence-electron chi connectivity index (χ2n) is 5.78. The third-order valence-electron chi connectivity index (χ3n) is 4.01. The molecule has 1 fully saturated rings. The number of hydrogen-bond donors (Lipinski definition) is 3. The molecule has 1 saturated carbocycles. The van der Waals surface area contributed by atoms with Gasteiger partial charge in [0.05, 0.1) is 5.39 Å². The van der Waals surface area contributed by atoms with Gasteiger partial charge in [-0.15, -0.1) is 11.3 Å².